The molecule has 2 aliphatic carbocycles. The third kappa shape index (κ3) is 8.88. The molecule has 2 saturated carbocycles. The Morgan fingerprint density at radius 2 is 1.23 bits per heavy atom. The molecule has 6 amide bonds. The topological polar surface area (TPSA) is 214 Å². The molecule has 0 saturated heterocycles. The van der Waals surface area contributed by atoms with E-state index in [1.807, 2.05) is 27.7 Å². The van der Waals surface area contributed by atoms with Crippen LogP contribution in [0.15, 0.2) is 30.3 Å². The molecule has 2 aliphatic rings. The molecule has 6 rings (SSSR count). The quantitative estimate of drug-likeness (QED) is 0.109. The van der Waals surface area contributed by atoms with Crippen LogP contribution in [0.3, 0.4) is 0 Å². The van der Waals surface area contributed by atoms with Crippen LogP contribution in [-0.4, -0.2) is 76.7 Å². The van der Waals surface area contributed by atoms with Gasteiger partial charge in [-0.25, -0.2) is 4.79 Å². The first-order chi connectivity index (χ1) is 24.8. The molecular weight excluding hydrogens is 721 g/mol. The largest absolute Gasteiger partial charge is 0.507 e. The van der Waals surface area contributed by atoms with E-state index in [1.54, 1.807) is 34.1 Å². The normalized spacial score (nSPS) is 13.3. The molecule has 2 heterocycles. The Morgan fingerprint density at radius 3 is 1.72 bits per heavy atom. The lowest BCUT2D eigenvalue weighted by Gasteiger charge is -2.19. The van der Waals surface area contributed by atoms with Crippen LogP contribution in [0.5, 0.6) is 11.5 Å². The Hall–Kier alpha value is -5.22. The summed E-state index contributed by atoms with van der Waals surface area (Å²) in [7, 11) is 0. The molecule has 7 N–H and O–H groups in total. The molecule has 53 heavy (non-hydrogen) atoms. The number of thiophene rings is 2. The lowest BCUT2D eigenvalue weighted by molar-refractivity contribution is -0.118. The fourth-order valence-electron chi connectivity index (χ4n) is 5.60. The first kappa shape index (κ1) is 40.5. The van der Waals surface area contributed by atoms with Gasteiger partial charge in [0.25, 0.3) is 17.7 Å². The van der Waals surface area contributed by atoms with Crippen LogP contribution in [0.4, 0.5) is 14.8 Å². The summed E-state index contributed by atoms with van der Waals surface area (Å²) in [5.41, 5.74) is 11.6. The minimum absolute atomic E-state index is 0. The van der Waals surface area contributed by atoms with Gasteiger partial charge >= 0.3 is 6.09 Å². The van der Waals surface area contributed by atoms with Crippen LogP contribution in [0.1, 0.15) is 91.9 Å². The number of carbonyl (C=O) groups is 6. The maximum absolute atomic E-state index is 12.8. The minimum Gasteiger partial charge on any atom is -0.507 e. The number of ether oxygens (including phenoxy) is 1. The van der Waals surface area contributed by atoms with E-state index in [1.165, 1.54) is 17.4 Å². The van der Waals surface area contributed by atoms with Crippen LogP contribution in [0.2, 0.25) is 0 Å². The number of rotatable bonds is 12. The molecule has 0 aliphatic heterocycles. The summed E-state index contributed by atoms with van der Waals surface area (Å²) in [6, 6.07) is 7.91. The lowest BCUT2D eigenvalue weighted by atomic mass is 10.1. The molecule has 2 fully saturated rings. The monoisotopic (exact) mass is 766 g/mol. The van der Waals surface area contributed by atoms with Gasteiger partial charge in [0, 0.05) is 53.5 Å². The number of primary amides is 2. The van der Waals surface area contributed by atoms with E-state index < -0.39 is 17.9 Å². The van der Waals surface area contributed by atoms with Gasteiger partial charge in [0.15, 0.2) is 0 Å². The maximum atomic E-state index is 12.8. The summed E-state index contributed by atoms with van der Waals surface area (Å²) in [5.74, 6) is -1.65. The predicted octanol–water partition coefficient (Wildman–Crippen LogP) is 6.36. The summed E-state index contributed by atoms with van der Waals surface area (Å²) >= 11 is 2.34. The highest BCUT2D eigenvalue weighted by molar-refractivity contribution is 7.24. The fraction of sp³-hybridized carbons (Fsp3) is 0.405. The number of nitrogens with zero attached hydrogens (tertiary/aromatic N) is 2. The number of fused-ring (bicyclic) bond motifs is 2. The number of phenolic OH excluding ortho intramolecular Hbond substituents is 1. The molecule has 0 unspecified atom stereocenters. The van der Waals surface area contributed by atoms with Crippen LogP contribution in [0.25, 0.3) is 20.2 Å². The zero-order chi connectivity index (χ0) is 37.9. The average molecular weight is 767 g/mol. The fourth-order valence-corrected chi connectivity index (χ4v) is 7.98. The lowest BCUT2D eigenvalue weighted by Crippen LogP contribution is -2.33. The van der Waals surface area contributed by atoms with Crippen molar-refractivity contribution in [3.05, 3.63) is 47.0 Å². The van der Waals surface area contributed by atoms with Crippen molar-refractivity contribution in [2.75, 3.05) is 36.8 Å². The Bertz CT molecular complexity index is 2060. The van der Waals surface area contributed by atoms with Gasteiger partial charge in [0.1, 0.15) is 21.5 Å². The average Bonchev–Trinajstić information content (AvgIpc) is 4.04. The van der Waals surface area contributed by atoms with Crippen molar-refractivity contribution in [1.29, 1.82) is 0 Å². The van der Waals surface area contributed by atoms with Gasteiger partial charge in [-0.3, -0.25) is 24.0 Å². The van der Waals surface area contributed by atoms with E-state index in [2.05, 4.69) is 10.6 Å². The first-order valence-corrected chi connectivity index (χ1v) is 18.8. The van der Waals surface area contributed by atoms with Crippen molar-refractivity contribution >= 4 is 88.5 Å². The number of hydrogen-bond donors (Lipinski definition) is 5. The number of anilines is 2. The summed E-state index contributed by atoms with van der Waals surface area (Å²) in [5, 5.41) is 17.7. The van der Waals surface area contributed by atoms with Crippen LogP contribution in [-0.2, 0) is 9.59 Å². The Morgan fingerprint density at radius 1 is 0.736 bits per heavy atom. The Balaban J connectivity index is 0.000000232. The molecular formula is C37H46N6O8S2. The molecule has 0 spiro atoms. The van der Waals surface area contributed by atoms with Gasteiger partial charge in [-0.1, -0.05) is 7.43 Å². The molecule has 0 atom stereocenters. The number of aromatic hydroxyl groups is 1. The van der Waals surface area contributed by atoms with Gasteiger partial charge in [0.05, 0.1) is 21.4 Å². The third-order valence-corrected chi connectivity index (χ3v) is 11.1. The molecule has 284 valence electrons. The summed E-state index contributed by atoms with van der Waals surface area (Å²) in [4.78, 5) is 76.1. The first-order valence-electron chi connectivity index (χ1n) is 17.2. The maximum Gasteiger partial charge on any atom is 0.415 e. The molecule has 2 aromatic carbocycles. The smallest absolute Gasteiger partial charge is 0.415 e. The summed E-state index contributed by atoms with van der Waals surface area (Å²) in [6.45, 7) is 9.54. The van der Waals surface area contributed by atoms with E-state index in [4.69, 9.17) is 16.2 Å². The number of benzene rings is 2. The van der Waals surface area contributed by atoms with Gasteiger partial charge < -0.3 is 41.7 Å². The van der Waals surface area contributed by atoms with E-state index >= 15 is 0 Å². The molecule has 2 aromatic heterocycles. The van der Waals surface area contributed by atoms with Crippen molar-refractivity contribution in [2.45, 2.75) is 60.8 Å². The predicted molar refractivity (Wildman–Crippen MR) is 208 cm³/mol. The van der Waals surface area contributed by atoms with Crippen molar-refractivity contribution in [2.24, 2.45) is 23.3 Å². The highest BCUT2D eigenvalue weighted by Crippen LogP contribution is 2.42. The Labute approximate surface area is 315 Å². The summed E-state index contributed by atoms with van der Waals surface area (Å²) < 4.78 is 6.56. The van der Waals surface area contributed by atoms with Crippen LogP contribution in [0, 0.1) is 11.8 Å². The zero-order valence-electron chi connectivity index (χ0n) is 29.4. The molecule has 16 heteroatoms. The number of hydrogen-bond acceptors (Lipinski definition) is 10. The highest BCUT2D eigenvalue weighted by atomic mass is 32.1. The van der Waals surface area contributed by atoms with Gasteiger partial charge in [0.2, 0.25) is 11.8 Å². The zero-order valence-corrected chi connectivity index (χ0v) is 31.0. The van der Waals surface area contributed by atoms with Crippen LogP contribution < -0.4 is 26.8 Å². The van der Waals surface area contributed by atoms with E-state index in [0.717, 1.165) is 41.7 Å². The van der Waals surface area contributed by atoms with Crippen molar-refractivity contribution in [3.8, 4) is 11.5 Å². The molecule has 14 nitrogen and oxygen atoms in total. The Kier molecular flexibility index (Phi) is 13.1. The molecule has 4 aromatic rings. The van der Waals surface area contributed by atoms with E-state index in [-0.39, 0.29) is 53.9 Å². The SMILES string of the molecule is C.CCN(CC)C(=O)Oc1ccc2c(C(N)=O)c(NC(=O)C3CC3)sc2c1.CCN(CC)C(=O)c1c(O)ccc2c(C(N)=O)c(NC(=O)C3CC3)sc12. The van der Waals surface area contributed by atoms with Crippen LogP contribution >= 0.6 is 22.7 Å². The minimum atomic E-state index is -0.686. The van der Waals surface area contributed by atoms with Gasteiger partial charge in [-0.15, -0.1) is 22.7 Å². The third-order valence-electron chi connectivity index (χ3n) is 8.85. The van der Waals surface area contributed by atoms with E-state index in [0.29, 0.717) is 63.0 Å². The molecule has 0 radical (unpaired) electrons. The van der Waals surface area contributed by atoms with Gasteiger partial charge in [-0.2, -0.15) is 0 Å². The second kappa shape index (κ2) is 17.1. The number of nitrogens with one attached hydrogen (secondary N) is 2. The highest BCUT2D eigenvalue weighted by Gasteiger charge is 2.33. The summed E-state index contributed by atoms with van der Waals surface area (Å²) in [6.07, 6.45) is 2.97. The van der Waals surface area contributed by atoms with Gasteiger partial charge in [-0.05, 0) is 83.7 Å². The number of amides is 6. The number of phenols is 1. The number of nitrogens with two attached hydrogens (primary N) is 2. The van der Waals surface area contributed by atoms with Crippen molar-refractivity contribution < 1.29 is 38.6 Å². The molecule has 0 bridgehead atoms. The standard InChI is InChI=1S/2C18H21N3O4S.CH4/c1-3-21(4-2)18(24)25-11-7-8-12-13(9-11)26-17(14(12)15(19)22)20-16(23)10-5-6-10;1-3-21(4-2)18(25)13-11(22)8-7-10-12(15(19)23)17(26-14(10)13)20-16(24)9-5-6-9;/h7-10H,3-6H2,1-2H3,(H2,19,22)(H,20,23);7-9,22H,3-6H2,1-2H3,(H2,19,23)(H,20,24);1H4. The second-order valence-electron chi connectivity index (χ2n) is 12.4. The van der Waals surface area contributed by atoms with Crippen molar-refractivity contribution in [3.63, 3.8) is 0 Å². The van der Waals surface area contributed by atoms with E-state index in [9.17, 15) is 33.9 Å². The number of carbonyl (C=O) groups excluding carboxylic acids is 6. The second-order valence-corrected chi connectivity index (χ2v) is 14.5. The van der Waals surface area contributed by atoms with Crippen molar-refractivity contribution in [1.82, 2.24) is 9.80 Å².